The number of aliphatic hydroxyl groups is 10. The molecule has 3 fully saturated rings. The van der Waals surface area contributed by atoms with Crippen LogP contribution in [0, 0.1) is 0 Å². The quantitative estimate of drug-likeness (QED) is 0.121. The van der Waals surface area contributed by atoms with Crippen molar-refractivity contribution in [2.24, 2.45) is 0 Å². The summed E-state index contributed by atoms with van der Waals surface area (Å²) in [6.07, 6.45) is -24.2. The molecule has 15 unspecified atom stereocenters. The molecule has 3 aliphatic heterocycles. The Kier molecular flexibility index (Phi) is 11.4. The van der Waals surface area contributed by atoms with E-state index >= 15 is 0 Å². The number of ether oxygens (including phenoxy) is 6. The van der Waals surface area contributed by atoms with E-state index in [-0.39, 0.29) is 6.61 Å². The zero-order chi connectivity index (χ0) is 29.8. The third-order valence-electron chi connectivity index (χ3n) is 7.33. The lowest BCUT2D eigenvalue weighted by Gasteiger charge is -2.48. The average Bonchev–Trinajstić information content (AvgIpc) is 2.99. The van der Waals surface area contributed by atoms with Gasteiger partial charge in [0.1, 0.15) is 73.2 Å². The average molecular weight is 595 g/mol. The Morgan fingerprint density at radius 3 is 1.46 bits per heavy atom. The van der Waals surface area contributed by atoms with Crippen molar-refractivity contribution in [3.8, 4) is 0 Å². The van der Waals surface area contributed by atoms with Crippen LogP contribution in [-0.4, -0.2) is 163 Å². The van der Waals surface area contributed by atoms with Gasteiger partial charge in [0.15, 0.2) is 18.9 Å². The molecule has 16 nitrogen and oxygen atoms in total. The summed E-state index contributed by atoms with van der Waals surface area (Å²) in [5.41, 5.74) is 0.764. The molecule has 0 spiro atoms. The van der Waals surface area contributed by atoms with Crippen LogP contribution in [0.1, 0.15) is 5.56 Å². The second kappa shape index (κ2) is 14.4. The molecule has 1 aromatic carbocycles. The number of aliphatic hydroxyl groups excluding tert-OH is 10. The molecule has 0 aliphatic carbocycles. The zero-order valence-corrected chi connectivity index (χ0v) is 21.8. The van der Waals surface area contributed by atoms with Crippen molar-refractivity contribution in [3.05, 3.63) is 35.9 Å². The van der Waals surface area contributed by atoms with Gasteiger partial charge in [-0.05, 0) is 5.56 Å². The Hall–Kier alpha value is -1.42. The molecule has 1 aromatic rings. The van der Waals surface area contributed by atoms with E-state index in [1.54, 1.807) is 24.3 Å². The van der Waals surface area contributed by atoms with Gasteiger partial charge in [0.05, 0.1) is 26.4 Å². The lowest BCUT2D eigenvalue weighted by atomic mass is 9.96. The molecule has 0 bridgehead atoms. The Bertz CT molecular complexity index is 920. The molecule has 234 valence electrons. The minimum absolute atomic E-state index is 0.0314. The second-order valence-corrected chi connectivity index (χ2v) is 10.1. The molecule has 10 N–H and O–H groups in total. The number of hydrogen-bond donors (Lipinski definition) is 10. The van der Waals surface area contributed by atoms with Crippen LogP contribution in [0.15, 0.2) is 30.3 Å². The molecule has 0 radical (unpaired) electrons. The smallest absolute Gasteiger partial charge is 0.187 e. The van der Waals surface area contributed by atoms with Crippen molar-refractivity contribution in [2.45, 2.75) is 98.7 Å². The van der Waals surface area contributed by atoms with Gasteiger partial charge >= 0.3 is 0 Å². The Morgan fingerprint density at radius 1 is 0.512 bits per heavy atom. The van der Waals surface area contributed by atoms with Crippen molar-refractivity contribution >= 4 is 0 Å². The summed E-state index contributed by atoms with van der Waals surface area (Å²) in [5, 5.41) is 102. The van der Waals surface area contributed by atoms with Crippen LogP contribution in [0.25, 0.3) is 0 Å². The molecule has 3 aliphatic rings. The van der Waals surface area contributed by atoms with Crippen molar-refractivity contribution in [2.75, 3.05) is 19.8 Å². The van der Waals surface area contributed by atoms with E-state index in [1.807, 2.05) is 6.07 Å². The predicted octanol–water partition coefficient (Wildman–Crippen LogP) is -5.35. The fraction of sp³-hybridized carbons (Fsp3) is 0.760. The lowest BCUT2D eigenvalue weighted by Crippen LogP contribution is -2.66. The van der Waals surface area contributed by atoms with Crippen molar-refractivity contribution in [1.29, 1.82) is 0 Å². The van der Waals surface area contributed by atoms with Gasteiger partial charge in [-0.15, -0.1) is 0 Å². The monoisotopic (exact) mass is 594 g/mol. The molecule has 0 aromatic heterocycles. The van der Waals surface area contributed by atoms with Crippen LogP contribution in [0.2, 0.25) is 0 Å². The maximum atomic E-state index is 10.8. The molecular formula is C25H38O16. The lowest BCUT2D eigenvalue weighted by molar-refractivity contribution is -0.379. The van der Waals surface area contributed by atoms with Gasteiger partial charge in [0, 0.05) is 0 Å². The van der Waals surface area contributed by atoms with Crippen LogP contribution >= 0.6 is 0 Å². The van der Waals surface area contributed by atoms with Crippen molar-refractivity contribution in [3.63, 3.8) is 0 Å². The van der Waals surface area contributed by atoms with Crippen LogP contribution in [-0.2, 0) is 35.0 Å². The predicted molar refractivity (Wildman–Crippen MR) is 130 cm³/mol. The zero-order valence-electron chi connectivity index (χ0n) is 21.8. The van der Waals surface area contributed by atoms with E-state index < -0.39 is 112 Å². The van der Waals surface area contributed by atoms with E-state index in [2.05, 4.69) is 0 Å². The molecule has 16 heteroatoms. The fourth-order valence-corrected chi connectivity index (χ4v) is 4.93. The molecule has 4 rings (SSSR count). The minimum atomic E-state index is -1.90. The standard InChI is InChI=1S/C25H38O16/c26-6-11-14(29)15(30)18(33)24(37-11)40-22-13(8-28)39-25(20(35)17(22)32)41-21-12(7-27)38-23(19(34)16(21)31)36-9-10-4-2-1-3-5-10/h1-5,11-35H,6-9H2. The first-order chi connectivity index (χ1) is 19.6. The third-order valence-corrected chi connectivity index (χ3v) is 7.33. The molecule has 3 saturated heterocycles. The van der Waals surface area contributed by atoms with Crippen LogP contribution in [0.5, 0.6) is 0 Å². The summed E-state index contributed by atoms with van der Waals surface area (Å²) in [5.74, 6) is 0. The Labute approximate surface area is 234 Å². The molecule has 15 atom stereocenters. The highest BCUT2D eigenvalue weighted by atomic mass is 16.8. The summed E-state index contributed by atoms with van der Waals surface area (Å²) in [4.78, 5) is 0. The summed E-state index contributed by atoms with van der Waals surface area (Å²) in [6, 6.07) is 8.94. The van der Waals surface area contributed by atoms with Crippen molar-refractivity contribution in [1.82, 2.24) is 0 Å². The van der Waals surface area contributed by atoms with E-state index in [4.69, 9.17) is 28.4 Å². The topological polar surface area (TPSA) is 258 Å². The van der Waals surface area contributed by atoms with Gasteiger partial charge in [-0.1, -0.05) is 30.3 Å². The number of hydrogen-bond acceptors (Lipinski definition) is 16. The minimum Gasteiger partial charge on any atom is -0.394 e. The largest absolute Gasteiger partial charge is 0.394 e. The number of rotatable bonds is 10. The Morgan fingerprint density at radius 2 is 0.951 bits per heavy atom. The highest BCUT2D eigenvalue weighted by Crippen LogP contribution is 2.32. The van der Waals surface area contributed by atoms with Crippen LogP contribution in [0.4, 0.5) is 0 Å². The third kappa shape index (κ3) is 7.05. The summed E-state index contributed by atoms with van der Waals surface area (Å²) in [6.45, 7) is -2.21. The van der Waals surface area contributed by atoms with E-state index in [0.717, 1.165) is 5.56 Å². The van der Waals surface area contributed by atoms with E-state index in [9.17, 15) is 51.1 Å². The highest BCUT2D eigenvalue weighted by Gasteiger charge is 2.53. The molecular weight excluding hydrogens is 556 g/mol. The SMILES string of the molecule is OCC1OC(OC2C(CO)OC(OC3C(CO)OC(OCc4ccccc4)C(O)C3O)C(O)C2O)C(O)C(O)C1O. The maximum Gasteiger partial charge on any atom is 0.187 e. The van der Waals surface area contributed by atoms with Gasteiger partial charge < -0.3 is 79.5 Å². The summed E-state index contributed by atoms with van der Waals surface area (Å²) < 4.78 is 33.1. The normalized spacial score (nSPS) is 45.5. The van der Waals surface area contributed by atoms with Gasteiger partial charge in [-0.2, -0.15) is 0 Å². The molecule has 0 amide bonds. The van der Waals surface area contributed by atoms with Crippen LogP contribution in [0.3, 0.4) is 0 Å². The van der Waals surface area contributed by atoms with Gasteiger partial charge in [0.25, 0.3) is 0 Å². The van der Waals surface area contributed by atoms with Crippen molar-refractivity contribution < 1.29 is 79.5 Å². The van der Waals surface area contributed by atoms with Gasteiger partial charge in [-0.25, -0.2) is 0 Å². The highest BCUT2D eigenvalue weighted by molar-refractivity contribution is 5.13. The maximum absolute atomic E-state index is 10.8. The first-order valence-corrected chi connectivity index (χ1v) is 13.1. The molecule has 0 saturated carbocycles. The Balaban J connectivity index is 1.41. The number of benzene rings is 1. The summed E-state index contributed by atoms with van der Waals surface area (Å²) in [7, 11) is 0. The summed E-state index contributed by atoms with van der Waals surface area (Å²) >= 11 is 0. The first kappa shape index (κ1) is 32.5. The molecule has 41 heavy (non-hydrogen) atoms. The van der Waals surface area contributed by atoms with Gasteiger partial charge in [0.2, 0.25) is 0 Å². The van der Waals surface area contributed by atoms with E-state index in [1.165, 1.54) is 0 Å². The van der Waals surface area contributed by atoms with Crippen LogP contribution < -0.4 is 0 Å². The first-order valence-electron chi connectivity index (χ1n) is 13.1. The molecule has 3 heterocycles. The van der Waals surface area contributed by atoms with E-state index in [0.29, 0.717) is 0 Å². The second-order valence-electron chi connectivity index (χ2n) is 10.1. The fourth-order valence-electron chi connectivity index (χ4n) is 4.93. The van der Waals surface area contributed by atoms with Gasteiger partial charge in [-0.3, -0.25) is 0 Å².